The van der Waals surface area contributed by atoms with Gasteiger partial charge < -0.3 is 10.4 Å². The van der Waals surface area contributed by atoms with Crippen LogP contribution in [-0.2, 0) is 4.79 Å². The van der Waals surface area contributed by atoms with E-state index in [1.807, 2.05) is 48.8 Å². The number of allylic oxidation sites excluding steroid dienone is 1. The van der Waals surface area contributed by atoms with E-state index < -0.39 is 5.97 Å². The van der Waals surface area contributed by atoms with Crippen LogP contribution in [0.3, 0.4) is 0 Å². The molecule has 2 aliphatic heterocycles. The van der Waals surface area contributed by atoms with Crippen LogP contribution < -0.4 is 5.32 Å². The van der Waals surface area contributed by atoms with Gasteiger partial charge in [0.05, 0.1) is 22.0 Å². The molecule has 0 bridgehead atoms. The lowest BCUT2D eigenvalue weighted by atomic mass is 9.76. The van der Waals surface area contributed by atoms with Crippen molar-refractivity contribution in [1.29, 1.82) is 5.41 Å². The SMILES string of the molecule is N=C1C(Br)=C(C2CCC3(CC2)CC3C(=O)O)NC2C(c3ccc(-c4ccccc4)nc3)C=NN12. The van der Waals surface area contributed by atoms with E-state index in [2.05, 4.69) is 37.4 Å². The number of fused-ring (bicyclic) bond motifs is 1. The Bertz CT molecular complexity index is 1200. The van der Waals surface area contributed by atoms with E-state index in [0.717, 1.165) is 59.1 Å². The first-order valence-electron chi connectivity index (χ1n) is 11.8. The highest BCUT2D eigenvalue weighted by molar-refractivity contribution is 9.12. The molecule has 7 nitrogen and oxygen atoms in total. The van der Waals surface area contributed by atoms with E-state index in [1.54, 1.807) is 5.01 Å². The highest BCUT2D eigenvalue weighted by Crippen LogP contribution is 2.62. The van der Waals surface area contributed by atoms with Crippen molar-refractivity contribution in [2.75, 3.05) is 0 Å². The standard InChI is InChI=1S/C26H26BrN5O2/c27-21-22(16-8-10-26(11-9-16)12-19(26)25(33)34)31-24-18(14-30-32(24)23(21)28)17-6-7-20(29-13-17)15-4-2-1-3-5-15/h1-7,13-14,16,18-19,24,28,31H,8-12H2,(H,33,34). The zero-order valence-electron chi connectivity index (χ0n) is 18.6. The Morgan fingerprint density at radius 3 is 2.59 bits per heavy atom. The third-order valence-corrected chi connectivity index (χ3v) is 8.85. The molecule has 6 rings (SSSR count). The Morgan fingerprint density at radius 2 is 1.94 bits per heavy atom. The maximum atomic E-state index is 11.4. The Hall–Kier alpha value is -3.00. The molecule has 4 aliphatic rings. The molecular formula is C26H26BrN5O2. The lowest BCUT2D eigenvalue weighted by Gasteiger charge is -2.40. The van der Waals surface area contributed by atoms with Crippen molar-refractivity contribution < 1.29 is 9.90 Å². The fourth-order valence-corrected chi connectivity index (χ4v) is 6.55. The first kappa shape index (κ1) is 21.5. The molecule has 34 heavy (non-hydrogen) atoms. The minimum Gasteiger partial charge on any atom is -0.481 e. The van der Waals surface area contributed by atoms with E-state index in [0.29, 0.717) is 5.84 Å². The van der Waals surface area contributed by atoms with Crippen molar-refractivity contribution in [3.63, 3.8) is 0 Å². The summed E-state index contributed by atoms with van der Waals surface area (Å²) in [6.45, 7) is 0. The van der Waals surface area contributed by atoms with E-state index in [1.165, 1.54) is 0 Å². The van der Waals surface area contributed by atoms with Crippen molar-refractivity contribution in [3.8, 4) is 11.3 Å². The predicted molar refractivity (Wildman–Crippen MR) is 133 cm³/mol. The van der Waals surface area contributed by atoms with Gasteiger partial charge in [0.1, 0.15) is 6.17 Å². The molecule has 2 aliphatic carbocycles. The third kappa shape index (κ3) is 3.47. The van der Waals surface area contributed by atoms with Crippen molar-refractivity contribution in [3.05, 3.63) is 64.4 Å². The number of aromatic nitrogens is 1. The molecule has 0 amide bonds. The first-order chi connectivity index (χ1) is 16.5. The normalized spacial score (nSPS) is 32.0. The Kier molecular flexibility index (Phi) is 5.09. The highest BCUT2D eigenvalue weighted by atomic mass is 79.9. The molecule has 3 atom stereocenters. The second kappa shape index (κ2) is 8.05. The van der Waals surface area contributed by atoms with E-state index in [4.69, 9.17) is 5.41 Å². The van der Waals surface area contributed by atoms with Crippen LogP contribution in [0.1, 0.15) is 43.6 Å². The van der Waals surface area contributed by atoms with Crippen molar-refractivity contribution in [2.45, 2.75) is 44.2 Å². The van der Waals surface area contributed by atoms with Gasteiger partial charge in [0.15, 0.2) is 5.84 Å². The van der Waals surface area contributed by atoms with Gasteiger partial charge in [-0.3, -0.25) is 15.2 Å². The quantitative estimate of drug-likeness (QED) is 0.531. The number of carbonyl (C=O) groups is 1. The summed E-state index contributed by atoms with van der Waals surface area (Å²) in [4.78, 5) is 16.1. The summed E-state index contributed by atoms with van der Waals surface area (Å²) in [5, 5.41) is 28.1. The minimum atomic E-state index is -0.648. The highest BCUT2D eigenvalue weighted by Gasteiger charge is 2.59. The number of aliphatic carboxylic acids is 1. The molecule has 1 aromatic heterocycles. The fourth-order valence-electron chi connectivity index (χ4n) is 5.93. The van der Waals surface area contributed by atoms with Gasteiger partial charge in [-0.25, -0.2) is 5.01 Å². The predicted octanol–water partition coefficient (Wildman–Crippen LogP) is 4.93. The van der Waals surface area contributed by atoms with Gasteiger partial charge in [-0.2, -0.15) is 5.10 Å². The van der Waals surface area contributed by atoms with Crippen molar-refractivity contribution >= 4 is 33.9 Å². The lowest BCUT2D eigenvalue weighted by Crippen LogP contribution is -2.51. The molecule has 2 saturated carbocycles. The summed E-state index contributed by atoms with van der Waals surface area (Å²) >= 11 is 3.65. The van der Waals surface area contributed by atoms with Crippen LogP contribution in [0.25, 0.3) is 11.3 Å². The number of hydrogen-bond donors (Lipinski definition) is 3. The van der Waals surface area contributed by atoms with Gasteiger partial charge in [0.2, 0.25) is 0 Å². The van der Waals surface area contributed by atoms with Crippen LogP contribution in [0.5, 0.6) is 0 Å². The van der Waals surface area contributed by atoms with Crippen molar-refractivity contribution in [2.24, 2.45) is 22.4 Å². The number of carboxylic acid groups (broad SMARTS) is 1. The van der Waals surface area contributed by atoms with Crippen LogP contribution in [0.4, 0.5) is 0 Å². The Morgan fingerprint density at radius 1 is 1.18 bits per heavy atom. The summed E-state index contributed by atoms with van der Waals surface area (Å²) in [5.74, 6) is -0.190. The summed E-state index contributed by atoms with van der Waals surface area (Å²) in [5.41, 5.74) is 4.13. The van der Waals surface area contributed by atoms with Gasteiger partial charge in [-0.15, -0.1) is 0 Å². The number of rotatable bonds is 4. The molecule has 0 saturated heterocycles. The number of amidine groups is 1. The largest absolute Gasteiger partial charge is 0.481 e. The number of carboxylic acids is 1. The van der Waals surface area contributed by atoms with Crippen LogP contribution in [0.2, 0.25) is 0 Å². The smallest absolute Gasteiger partial charge is 0.307 e. The van der Waals surface area contributed by atoms with Gasteiger partial charge in [0, 0.05) is 29.6 Å². The molecule has 3 N–H and O–H groups in total. The molecule has 3 heterocycles. The third-order valence-electron chi connectivity index (χ3n) is 8.05. The molecule has 2 aromatic rings. The number of hydrazone groups is 1. The van der Waals surface area contributed by atoms with Gasteiger partial charge in [-0.1, -0.05) is 36.4 Å². The van der Waals surface area contributed by atoms with Gasteiger partial charge in [-0.05, 0) is 65.1 Å². The molecule has 2 fully saturated rings. The van der Waals surface area contributed by atoms with E-state index in [9.17, 15) is 9.90 Å². The molecule has 174 valence electrons. The van der Waals surface area contributed by atoms with E-state index >= 15 is 0 Å². The summed E-state index contributed by atoms with van der Waals surface area (Å²) in [6.07, 6.45) is 8.21. The van der Waals surface area contributed by atoms with Crippen LogP contribution in [-0.4, -0.2) is 39.3 Å². The minimum absolute atomic E-state index is 0.00868. The number of nitrogens with one attached hydrogen (secondary N) is 2. The number of halogens is 1. The Labute approximate surface area is 206 Å². The van der Waals surface area contributed by atoms with Crippen LogP contribution in [0, 0.1) is 22.7 Å². The molecule has 8 heteroatoms. The monoisotopic (exact) mass is 519 g/mol. The molecule has 0 radical (unpaired) electrons. The molecule has 3 unspecified atom stereocenters. The molecular weight excluding hydrogens is 494 g/mol. The maximum Gasteiger partial charge on any atom is 0.307 e. The molecule has 1 spiro atoms. The average Bonchev–Trinajstić information content (AvgIpc) is 3.40. The van der Waals surface area contributed by atoms with Crippen molar-refractivity contribution in [1.82, 2.24) is 15.3 Å². The lowest BCUT2D eigenvalue weighted by molar-refractivity contribution is -0.139. The molecule has 1 aromatic carbocycles. The summed E-state index contributed by atoms with van der Waals surface area (Å²) in [7, 11) is 0. The topological polar surface area (TPSA) is 102 Å². The maximum absolute atomic E-state index is 11.4. The fraction of sp³-hybridized carbons (Fsp3) is 0.385. The first-order valence-corrected chi connectivity index (χ1v) is 12.6. The van der Waals surface area contributed by atoms with Crippen LogP contribution >= 0.6 is 15.9 Å². The number of nitrogens with zero attached hydrogens (tertiary/aromatic N) is 3. The number of hydrogen-bond acceptors (Lipinski definition) is 5. The van der Waals surface area contributed by atoms with Gasteiger partial charge in [0.25, 0.3) is 0 Å². The second-order valence-electron chi connectivity index (χ2n) is 9.87. The zero-order chi connectivity index (χ0) is 23.4. The average molecular weight is 520 g/mol. The summed E-state index contributed by atoms with van der Waals surface area (Å²) < 4.78 is 0.755. The van der Waals surface area contributed by atoms with Crippen LogP contribution in [0.15, 0.2) is 63.9 Å². The van der Waals surface area contributed by atoms with Gasteiger partial charge >= 0.3 is 5.97 Å². The number of benzene rings is 1. The Balaban J connectivity index is 1.20. The number of pyridine rings is 1. The summed E-state index contributed by atoms with van der Waals surface area (Å²) in [6, 6.07) is 14.2. The zero-order valence-corrected chi connectivity index (χ0v) is 20.2. The second-order valence-corrected chi connectivity index (χ2v) is 10.7. The van der Waals surface area contributed by atoms with E-state index in [-0.39, 0.29) is 29.3 Å².